The van der Waals surface area contributed by atoms with E-state index < -0.39 is 11.2 Å². The highest BCUT2D eigenvalue weighted by atomic mass is 16.5. The van der Waals surface area contributed by atoms with E-state index in [1.54, 1.807) is 21.3 Å². The molecule has 0 fully saturated rings. The van der Waals surface area contributed by atoms with E-state index in [-0.39, 0.29) is 0 Å². The topological polar surface area (TPSA) is 55.2 Å². The van der Waals surface area contributed by atoms with Crippen LogP contribution in [0.1, 0.15) is 27.7 Å². The number of fused-ring (bicyclic) bond motifs is 1. The van der Waals surface area contributed by atoms with Crippen molar-refractivity contribution in [2.45, 2.75) is 38.9 Å². The maximum absolute atomic E-state index is 10.6. The van der Waals surface area contributed by atoms with Gasteiger partial charge in [-0.05, 0) is 67.2 Å². The summed E-state index contributed by atoms with van der Waals surface area (Å²) in [6.45, 7) is 7.30. The maximum atomic E-state index is 10.6. The summed E-state index contributed by atoms with van der Waals surface area (Å²) in [6, 6.07) is 43.5. The highest BCUT2D eigenvalue weighted by Gasteiger charge is 2.35. The Kier molecular flexibility index (Phi) is 7.70. The lowest BCUT2D eigenvalue weighted by Gasteiger charge is -2.37. The van der Waals surface area contributed by atoms with E-state index in [9.17, 15) is 5.11 Å². The normalized spacial score (nSPS) is 11.9. The van der Waals surface area contributed by atoms with Crippen molar-refractivity contribution in [3.8, 4) is 45.0 Å². The molecular formula is C38H34BN2O2. The van der Waals surface area contributed by atoms with Crippen LogP contribution in [0.2, 0.25) is 0 Å². The third kappa shape index (κ3) is 6.01. The number of hydrogen-bond donors (Lipinski definition) is 1. The molecule has 4 nitrogen and oxygen atoms in total. The Balaban J connectivity index is 1.47. The molecule has 1 radical (unpaired) electrons. The Labute approximate surface area is 254 Å². The van der Waals surface area contributed by atoms with Gasteiger partial charge in [-0.3, -0.25) is 0 Å². The van der Waals surface area contributed by atoms with E-state index >= 15 is 0 Å². The first kappa shape index (κ1) is 28.5. The lowest BCUT2D eigenvalue weighted by molar-refractivity contribution is -0.0893. The summed E-state index contributed by atoms with van der Waals surface area (Å²) in [7, 11) is 1.75. The van der Waals surface area contributed by atoms with Gasteiger partial charge in [-0.2, -0.15) is 0 Å². The van der Waals surface area contributed by atoms with Crippen LogP contribution in [0.4, 0.5) is 0 Å². The molecule has 0 amide bonds. The number of nitrogens with zero attached hydrogens (tertiary/aromatic N) is 2. The molecule has 43 heavy (non-hydrogen) atoms. The number of aliphatic hydroxyl groups is 1. The summed E-state index contributed by atoms with van der Waals surface area (Å²) in [5.74, 6) is 0.674. The summed E-state index contributed by atoms with van der Waals surface area (Å²) in [5, 5.41) is 12.7. The number of aromatic nitrogens is 2. The van der Waals surface area contributed by atoms with Gasteiger partial charge in [0.25, 0.3) is 0 Å². The number of hydrogen-bond acceptors (Lipinski definition) is 4. The van der Waals surface area contributed by atoms with Crippen LogP contribution in [0, 0.1) is 0 Å². The molecule has 0 bridgehead atoms. The summed E-state index contributed by atoms with van der Waals surface area (Å²) in [5.41, 5.74) is 6.15. The van der Waals surface area contributed by atoms with Crippen molar-refractivity contribution in [1.82, 2.24) is 9.97 Å². The Bertz CT molecular complexity index is 1880. The third-order valence-corrected chi connectivity index (χ3v) is 8.21. The van der Waals surface area contributed by atoms with Gasteiger partial charge >= 0.3 is 7.48 Å². The molecule has 0 unspecified atom stereocenters. The first-order chi connectivity index (χ1) is 20.7. The van der Waals surface area contributed by atoms with Crippen LogP contribution in [0.3, 0.4) is 0 Å². The predicted octanol–water partition coefficient (Wildman–Crippen LogP) is 8.11. The Hall–Kier alpha value is -4.58. The molecule has 6 aromatic rings. The molecule has 0 saturated carbocycles. The quantitative estimate of drug-likeness (QED) is 0.191. The fraction of sp³-hybridized carbons (Fsp3) is 0.158. The standard InChI is InChI=1S/C38H34BN2O2/c1-37(2,42)38(3,4)43-39-33-23-22-32(30-20-11-12-21-31(30)33)35-25-34(40-36(41-35)27-16-9-6-10-17-27)29-19-13-18-28(24-29)26-14-7-5-8-15-26/h5-25,42H,1-4H3. The second-order valence-electron chi connectivity index (χ2n) is 11.8. The first-order valence-corrected chi connectivity index (χ1v) is 14.6. The smallest absolute Gasteiger partial charge is 0.331 e. The largest absolute Gasteiger partial charge is 0.427 e. The Morgan fingerprint density at radius 2 is 1.14 bits per heavy atom. The third-order valence-electron chi connectivity index (χ3n) is 8.21. The molecule has 1 N–H and O–H groups in total. The van der Waals surface area contributed by atoms with Crippen molar-refractivity contribution in [2.24, 2.45) is 0 Å². The monoisotopic (exact) mass is 561 g/mol. The van der Waals surface area contributed by atoms with Crippen LogP contribution in [-0.4, -0.2) is 33.8 Å². The van der Waals surface area contributed by atoms with E-state index in [1.165, 1.54) is 0 Å². The molecule has 1 aromatic heterocycles. The summed E-state index contributed by atoms with van der Waals surface area (Å²) in [6.07, 6.45) is 0. The average Bonchev–Trinajstić information content (AvgIpc) is 3.04. The molecule has 0 spiro atoms. The van der Waals surface area contributed by atoms with Gasteiger partial charge in [0, 0.05) is 16.7 Å². The molecule has 1 heterocycles. The van der Waals surface area contributed by atoms with E-state index in [0.29, 0.717) is 5.82 Å². The van der Waals surface area contributed by atoms with Gasteiger partial charge < -0.3 is 9.76 Å². The van der Waals surface area contributed by atoms with Crippen molar-refractivity contribution in [3.63, 3.8) is 0 Å². The van der Waals surface area contributed by atoms with Gasteiger partial charge in [0.15, 0.2) is 5.82 Å². The highest BCUT2D eigenvalue weighted by molar-refractivity contribution is 6.51. The first-order valence-electron chi connectivity index (χ1n) is 14.6. The van der Waals surface area contributed by atoms with Crippen molar-refractivity contribution in [3.05, 3.63) is 127 Å². The van der Waals surface area contributed by atoms with E-state index in [1.807, 2.05) is 62.4 Å². The highest BCUT2D eigenvalue weighted by Crippen LogP contribution is 2.33. The molecule has 6 rings (SSSR count). The van der Waals surface area contributed by atoms with Crippen molar-refractivity contribution < 1.29 is 9.76 Å². The maximum Gasteiger partial charge on any atom is 0.331 e. The van der Waals surface area contributed by atoms with Crippen LogP contribution < -0.4 is 5.46 Å². The minimum atomic E-state index is -1.01. The lowest BCUT2D eigenvalue weighted by atomic mass is 9.79. The molecule has 5 aromatic carbocycles. The van der Waals surface area contributed by atoms with Crippen LogP contribution in [-0.2, 0) is 4.65 Å². The summed E-state index contributed by atoms with van der Waals surface area (Å²) in [4.78, 5) is 10.1. The average molecular weight is 562 g/mol. The van der Waals surface area contributed by atoms with Crippen LogP contribution in [0.15, 0.2) is 127 Å². The zero-order valence-corrected chi connectivity index (χ0v) is 25.0. The number of benzene rings is 5. The summed E-state index contributed by atoms with van der Waals surface area (Å²) >= 11 is 0. The van der Waals surface area contributed by atoms with Gasteiger partial charge in [-0.25, -0.2) is 9.97 Å². The van der Waals surface area contributed by atoms with Crippen LogP contribution in [0.5, 0.6) is 0 Å². The molecular weight excluding hydrogens is 527 g/mol. The molecule has 5 heteroatoms. The molecule has 0 saturated heterocycles. The molecule has 0 aliphatic carbocycles. The second kappa shape index (κ2) is 11.6. The molecule has 0 aliphatic rings. The van der Waals surface area contributed by atoms with E-state index in [0.717, 1.165) is 55.4 Å². The Morgan fingerprint density at radius 3 is 1.84 bits per heavy atom. The Morgan fingerprint density at radius 1 is 0.558 bits per heavy atom. The second-order valence-corrected chi connectivity index (χ2v) is 11.8. The van der Waals surface area contributed by atoms with Crippen molar-refractivity contribution in [2.75, 3.05) is 0 Å². The zero-order valence-electron chi connectivity index (χ0n) is 25.0. The number of rotatable bonds is 8. The minimum absolute atomic E-state index is 0.674. The predicted molar refractivity (Wildman–Crippen MR) is 178 cm³/mol. The van der Waals surface area contributed by atoms with Crippen LogP contribution in [0.25, 0.3) is 55.8 Å². The van der Waals surface area contributed by atoms with Crippen LogP contribution >= 0.6 is 0 Å². The fourth-order valence-electron chi connectivity index (χ4n) is 4.94. The summed E-state index contributed by atoms with van der Waals surface area (Å²) < 4.78 is 6.13. The van der Waals surface area contributed by atoms with E-state index in [2.05, 4.69) is 78.9 Å². The van der Waals surface area contributed by atoms with Crippen molar-refractivity contribution >= 4 is 23.7 Å². The lowest BCUT2D eigenvalue weighted by Crippen LogP contribution is -2.49. The van der Waals surface area contributed by atoms with Crippen molar-refractivity contribution in [1.29, 1.82) is 0 Å². The minimum Gasteiger partial charge on any atom is -0.427 e. The SMILES string of the molecule is CC(C)(O)C(C)(C)O[B]c1ccc(-c2cc(-c3cccc(-c4ccccc4)c3)nc(-c3ccccc3)n2)c2ccccc12. The van der Waals surface area contributed by atoms with Gasteiger partial charge in [0.1, 0.15) is 0 Å². The van der Waals surface area contributed by atoms with E-state index in [4.69, 9.17) is 14.6 Å². The van der Waals surface area contributed by atoms with Gasteiger partial charge in [0.2, 0.25) is 0 Å². The molecule has 0 aliphatic heterocycles. The van der Waals surface area contributed by atoms with Gasteiger partial charge in [0.05, 0.1) is 22.6 Å². The molecule has 211 valence electrons. The van der Waals surface area contributed by atoms with Gasteiger partial charge in [-0.15, -0.1) is 0 Å². The zero-order chi connectivity index (χ0) is 30.0. The van der Waals surface area contributed by atoms with Gasteiger partial charge in [-0.1, -0.05) is 115 Å². The molecule has 0 atom stereocenters. The fourth-order valence-corrected chi connectivity index (χ4v) is 4.94.